The van der Waals surface area contributed by atoms with Crippen LogP contribution in [0.4, 0.5) is 0 Å². The lowest BCUT2D eigenvalue weighted by molar-refractivity contribution is 0.769. The van der Waals surface area contributed by atoms with Gasteiger partial charge in [0, 0.05) is 43.9 Å². The van der Waals surface area contributed by atoms with Crippen LogP contribution < -0.4 is 0 Å². The Bertz CT molecular complexity index is 3630. The highest BCUT2D eigenvalue weighted by Gasteiger charge is 2.47. The predicted molar refractivity (Wildman–Crippen MR) is 257 cm³/mol. The molecular formula is C58H37N5. The number of aromatic nitrogens is 5. The third-order valence-electron chi connectivity index (χ3n) is 13.1. The maximum Gasteiger partial charge on any atom is 0.238 e. The van der Waals surface area contributed by atoms with Gasteiger partial charge in [-0.1, -0.05) is 182 Å². The molecule has 0 saturated heterocycles. The summed E-state index contributed by atoms with van der Waals surface area (Å²) in [4.78, 5) is 16.0. The summed E-state index contributed by atoms with van der Waals surface area (Å²) >= 11 is 0. The van der Waals surface area contributed by atoms with E-state index in [-0.39, 0.29) is 0 Å². The molecule has 13 rings (SSSR count). The number of para-hydroxylation sites is 3. The van der Waals surface area contributed by atoms with Crippen LogP contribution in [0.1, 0.15) is 22.3 Å². The second kappa shape index (κ2) is 13.8. The summed E-state index contributed by atoms with van der Waals surface area (Å²) in [5, 5.41) is 4.76. The van der Waals surface area contributed by atoms with Gasteiger partial charge in [0.2, 0.25) is 5.95 Å². The van der Waals surface area contributed by atoms with Crippen LogP contribution in [0.3, 0.4) is 0 Å². The maximum absolute atomic E-state index is 5.43. The molecule has 0 unspecified atom stereocenters. The fourth-order valence-electron chi connectivity index (χ4n) is 10.5. The molecule has 12 aromatic rings. The normalized spacial score (nSPS) is 12.9. The second-order valence-corrected chi connectivity index (χ2v) is 16.3. The van der Waals surface area contributed by atoms with Gasteiger partial charge in [-0.3, -0.25) is 4.57 Å². The van der Waals surface area contributed by atoms with Crippen molar-refractivity contribution < 1.29 is 0 Å². The molecule has 3 aromatic heterocycles. The zero-order valence-corrected chi connectivity index (χ0v) is 34.1. The molecule has 0 saturated carbocycles. The Balaban J connectivity index is 1.08. The third kappa shape index (κ3) is 5.14. The Morgan fingerprint density at radius 3 is 1.41 bits per heavy atom. The smallest absolute Gasteiger partial charge is 0.238 e. The Labute approximate surface area is 363 Å². The highest BCUT2D eigenvalue weighted by molar-refractivity contribution is 6.16. The summed E-state index contributed by atoms with van der Waals surface area (Å²) in [6, 6.07) is 80.3. The van der Waals surface area contributed by atoms with E-state index in [0.29, 0.717) is 17.6 Å². The van der Waals surface area contributed by atoms with Gasteiger partial charge in [-0.15, -0.1) is 0 Å². The van der Waals surface area contributed by atoms with Crippen LogP contribution in [0, 0.1) is 0 Å². The number of hydrogen-bond donors (Lipinski definition) is 0. The first-order valence-electron chi connectivity index (χ1n) is 21.5. The van der Waals surface area contributed by atoms with E-state index < -0.39 is 5.41 Å². The average Bonchev–Trinajstić information content (AvgIpc) is 3.99. The highest BCUT2D eigenvalue weighted by atomic mass is 15.2. The minimum absolute atomic E-state index is 0.554. The van der Waals surface area contributed by atoms with Crippen LogP contribution in [0.25, 0.3) is 89.2 Å². The molecule has 63 heavy (non-hydrogen) atoms. The molecule has 0 amide bonds. The largest absolute Gasteiger partial charge is 0.309 e. The second-order valence-electron chi connectivity index (χ2n) is 16.3. The third-order valence-corrected chi connectivity index (χ3v) is 13.1. The lowest BCUT2D eigenvalue weighted by atomic mass is 9.67. The van der Waals surface area contributed by atoms with E-state index >= 15 is 0 Å². The average molecular weight is 804 g/mol. The van der Waals surface area contributed by atoms with Crippen molar-refractivity contribution in [2.24, 2.45) is 0 Å². The van der Waals surface area contributed by atoms with E-state index in [1.54, 1.807) is 0 Å². The number of benzene rings is 9. The van der Waals surface area contributed by atoms with Crippen molar-refractivity contribution in [3.8, 4) is 45.5 Å². The van der Waals surface area contributed by atoms with E-state index in [1.807, 2.05) is 18.2 Å². The molecule has 5 heteroatoms. The first-order chi connectivity index (χ1) is 31.3. The zero-order chi connectivity index (χ0) is 41.5. The van der Waals surface area contributed by atoms with Gasteiger partial charge in [-0.2, -0.15) is 9.97 Å². The minimum atomic E-state index is -0.554. The summed E-state index contributed by atoms with van der Waals surface area (Å²) < 4.78 is 4.63. The van der Waals surface area contributed by atoms with Crippen molar-refractivity contribution in [3.05, 3.63) is 247 Å². The van der Waals surface area contributed by atoms with E-state index in [2.05, 4.69) is 215 Å². The summed E-state index contributed by atoms with van der Waals surface area (Å²) in [5.41, 5.74) is 14.1. The summed E-state index contributed by atoms with van der Waals surface area (Å²) in [7, 11) is 0. The maximum atomic E-state index is 5.43. The van der Waals surface area contributed by atoms with E-state index in [9.17, 15) is 0 Å². The molecule has 5 nitrogen and oxygen atoms in total. The monoisotopic (exact) mass is 803 g/mol. The first-order valence-corrected chi connectivity index (χ1v) is 21.5. The zero-order valence-electron chi connectivity index (χ0n) is 34.1. The molecule has 0 bridgehead atoms. The van der Waals surface area contributed by atoms with Crippen LogP contribution in [0.15, 0.2) is 224 Å². The molecule has 9 aromatic carbocycles. The van der Waals surface area contributed by atoms with Gasteiger partial charge in [0.25, 0.3) is 0 Å². The molecule has 1 aliphatic carbocycles. The van der Waals surface area contributed by atoms with Crippen molar-refractivity contribution in [2.45, 2.75) is 5.41 Å². The van der Waals surface area contributed by atoms with Crippen molar-refractivity contribution in [2.75, 3.05) is 0 Å². The van der Waals surface area contributed by atoms with E-state index in [1.165, 1.54) is 55.2 Å². The van der Waals surface area contributed by atoms with Gasteiger partial charge in [0.05, 0.1) is 27.5 Å². The van der Waals surface area contributed by atoms with E-state index in [4.69, 9.17) is 15.0 Å². The summed E-state index contributed by atoms with van der Waals surface area (Å²) in [6.07, 6.45) is 0. The predicted octanol–water partition coefficient (Wildman–Crippen LogP) is 13.8. The van der Waals surface area contributed by atoms with Crippen molar-refractivity contribution >= 4 is 43.6 Å². The SMILES string of the molecule is c1ccc(-c2nc(-c3ccc(-n4c5ccccc5c5ccccc54)cc3)nc(-n3c4ccccc4c4ccc5c(c43)-c3ccccc3C5(c3ccccc3)c3ccccc3)n2)cc1. The summed E-state index contributed by atoms with van der Waals surface area (Å²) in [5.74, 6) is 1.79. The molecule has 1 aliphatic rings. The first kappa shape index (κ1) is 35.4. The standard InChI is InChI=1S/C58H37N5/c1-4-18-38(19-5-1)55-59-56(39-32-34-42(35-33-39)62-50-29-15-11-24-43(50)44-25-12-16-30-51(44)62)61-57(60-55)63-52-31-17-13-26-45(52)46-36-37-49-53(54(46)63)47-27-10-14-28-48(47)58(49,40-20-6-2-7-21-40)41-22-8-3-9-23-41/h1-37H. The molecule has 0 spiro atoms. The molecule has 294 valence electrons. The van der Waals surface area contributed by atoms with Gasteiger partial charge in [0.15, 0.2) is 11.6 Å². The van der Waals surface area contributed by atoms with Gasteiger partial charge >= 0.3 is 0 Å². The van der Waals surface area contributed by atoms with Gasteiger partial charge in [0.1, 0.15) is 0 Å². The lowest BCUT2D eigenvalue weighted by Gasteiger charge is -2.33. The topological polar surface area (TPSA) is 48.5 Å². The fraction of sp³-hybridized carbons (Fsp3) is 0.0172. The number of hydrogen-bond acceptors (Lipinski definition) is 3. The molecule has 0 aliphatic heterocycles. The van der Waals surface area contributed by atoms with Crippen LogP contribution in [-0.4, -0.2) is 24.1 Å². The fourth-order valence-corrected chi connectivity index (χ4v) is 10.5. The highest BCUT2D eigenvalue weighted by Crippen LogP contribution is 2.58. The Hall–Kier alpha value is -8.41. The van der Waals surface area contributed by atoms with Crippen LogP contribution >= 0.6 is 0 Å². The number of fused-ring (bicyclic) bond motifs is 10. The van der Waals surface area contributed by atoms with Crippen LogP contribution in [-0.2, 0) is 5.41 Å². The Morgan fingerprint density at radius 1 is 0.333 bits per heavy atom. The quantitative estimate of drug-likeness (QED) is 0.168. The molecule has 0 radical (unpaired) electrons. The number of nitrogens with zero attached hydrogens (tertiary/aromatic N) is 5. The van der Waals surface area contributed by atoms with Crippen molar-refractivity contribution in [1.29, 1.82) is 0 Å². The van der Waals surface area contributed by atoms with Gasteiger partial charge in [-0.25, -0.2) is 4.98 Å². The molecule has 3 heterocycles. The van der Waals surface area contributed by atoms with E-state index in [0.717, 1.165) is 38.6 Å². The molecule has 0 atom stereocenters. The number of rotatable bonds is 6. The summed E-state index contributed by atoms with van der Waals surface area (Å²) in [6.45, 7) is 0. The van der Waals surface area contributed by atoms with Crippen molar-refractivity contribution in [1.82, 2.24) is 24.1 Å². The van der Waals surface area contributed by atoms with Crippen molar-refractivity contribution in [3.63, 3.8) is 0 Å². The molecular weight excluding hydrogens is 767 g/mol. The lowest BCUT2D eigenvalue weighted by Crippen LogP contribution is -2.28. The van der Waals surface area contributed by atoms with Crippen LogP contribution in [0.2, 0.25) is 0 Å². The minimum Gasteiger partial charge on any atom is -0.309 e. The van der Waals surface area contributed by atoms with Crippen LogP contribution in [0.5, 0.6) is 0 Å². The Kier molecular flexibility index (Phi) is 7.75. The molecule has 0 N–H and O–H groups in total. The molecule has 0 fully saturated rings. The Morgan fingerprint density at radius 2 is 0.810 bits per heavy atom. The van der Waals surface area contributed by atoms with Gasteiger partial charge < -0.3 is 4.57 Å². The van der Waals surface area contributed by atoms with Gasteiger partial charge in [-0.05, 0) is 70.3 Å².